The van der Waals surface area contributed by atoms with Gasteiger partial charge in [0.15, 0.2) is 4.77 Å². The molecule has 3 rings (SSSR count). The third-order valence-corrected chi connectivity index (χ3v) is 5.16. The van der Waals surface area contributed by atoms with Gasteiger partial charge in [0.1, 0.15) is 11.6 Å². The number of carbonyl (C=O) groups excluding carboxylic acids is 1. The van der Waals surface area contributed by atoms with E-state index in [1.807, 2.05) is 53.7 Å². The van der Waals surface area contributed by atoms with Crippen molar-refractivity contribution in [1.29, 1.82) is 0 Å². The van der Waals surface area contributed by atoms with Crippen molar-refractivity contribution >= 4 is 24.2 Å². The Morgan fingerprint density at radius 3 is 3.04 bits per heavy atom. The molecule has 0 radical (unpaired) electrons. The highest BCUT2D eigenvalue weighted by atomic mass is 32.1. The molecule has 28 heavy (non-hydrogen) atoms. The first-order chi connectivity index (χ1) is 13.5. The lowest BCUT2D eigenvalue weighted by Gasteiger charge is -2.31. The van der Waals surface area contributed by atoms with Crippen LogP contribution < -0.4 is 4.74 Å². The minimum atomic E-state index is 0.0251. The Bertz CT molecular complexity index is 900. The van der Waals surface area contributed by atoms with E-state index in [1.165, 1.54) is 0 Å². The van der Waals surface area contributed by atoms with Crippen LogP contribution in [0.3, 0.4) is 0 Å². The monoisotopic (exact) mass is 400 g/mol. The second kappa shape index (κ2) is 9.19. The van der Waals surface area contributed by atoms with E-state index in [1.54, 1.807) is 6.08 Å². The predicted octanol–water partition coefficient (Wildman–Crippen LogP) is 4.17. The average Bonchev–Trinajstić information content (AvgIpc) is 3.06. The van der Waals surface area contributed by atoms with Crippen LogP contribution in [-0.4, -0.2) is 44.8 Å². The third-order valence-electron chi connectivity index (χ3n) is 4.85. The lowest BCUT2D eigenvalue weighted by atomic mass is 9.97. The molecule has 150 valence electrons. The highest BCUT2D eigenvalue weighted by Gasteiger charge is 2.27. The third kappa shape index (κ3) is 4.90. The van der Waals surface area contributed by atoms with Crippen molar-refractivity contribution in [3.8, 4) is 5.75 Å². The summed E-state index contributed by atoms with van der Waals surface area (Å²) in [4.78, 5) is 14.6. The lowest BCUT2D eigenvalue weighted by Crippen LogP contribution is -2.38. The maximum Gasteiger partial charge on any atom is 0.246 e. The smallest absolute Gasteiger partial charge is 0.246 e. The van der Waals surface area contributed by atoms with Gasteiger partial charge in [-0.15, -0.1) is 0 Å². The van der Waals surface area contributed by atoms with Gasteiger partial charge in [-0.05, 0) is 69.6 Å². The number of aromatic nitrogens is 3. The molecule has 2 heterocycles. The topological polar surface area (TPSA) is 63.1 Å². The van der Waals surface area contributed by atoms with Gasteiger partial charge in [-0.1, -0.05) is 12.1 Å². The summed E-state index contributed by atoms with van der Waals surface area (Å²) in [7, 11) is 0. The first kappa shape index (κ1) is 20.3. The Labute approximate surface area is 171 Å². The number of likely N-dealkylation sites (tertiary alicyclic amines) is 1. The highest BCUT2D eigenvalue weighted by Crippen LogP contribution is 2.26. The Morgan fingerprint density at radius 2 is 2.29 bits per heavy atom. The van der Waals surface area contributed by atoms with Crippen LogP contribution in [0.4, 0.5) is 0 Å². The molecule has 1 unspecified atom stereocenters. The first-order valence-electron chi connectivity index (χ1n) is 9.86. The van der Waals surface area contributed by atoms with Crippen LogP contribution in [0.15, 0.2) is 30.3 Å². The molecule has 0 saturated carbocycles. The number of H-pyrrole nitrogens is 1. The van der Waals surface area contributed by atoms with Crippen molar-refractivity contribution in [1.82, 2.24) is 19.7 Å². The summed E-state index contributed by atoms with van der Waals surface area (Å²) in [6.07, 6.45) is 5.59. The molecule has 1 amide bonds. The van der Waals surface area contributed by atoms with Crippen LogP contribution >= 0.6 is 12.2 Å². The Hall–Kier alpha value is -2.41. The van der Waals surface area contributed by atoms with Gasteiger partial charge < -0.3 is 14.2 Å². The van der Waals surface area contributed by atoms with Gasteiger partial charge in [0, 0.05) is 31.6 Å². The van der Waals surface area contributed by atoms with Crippen LogP contribution in [0.5, 0.6) is 5.75 Å². The summed E-state index contributed by atoms with van der Waals surface area (Å²) in [5.41, 5.74) is 0.951. The summed E-state index contributed by atoms with van der Waals surface area (Å²) in [6, 6.07) is 7.78. The predicted molar refractivity (Wildman–Crippen MR) is 113 cm³/mol. The molecule has 1 atom stereocenters. The molecule has 6 nitrogen and oxygen atoms in total. The maximum atomic E-state index is 12.7. The highest BCUT2D eigenvalue weighted by molar-refractivity contribution is 7.71. The van der Waals surface area contributed by atoms with Crippen molar-refractivity contribution in [3.05, 3.63) is 46.5 Å². The minimum absolute atomic E-state index is 0.0251. The van der Waals surface area contributed by atoms with Crippen LogP contribution in [0, 0.1) is 4.77 Å². The molecule has 1 aliphatic rings. The number of rotatable bonds is 6. The molecule has 0 bridgehead atoms. The number of aromatic amines is 1. The quantitative estimate of drug-likeness (QED) is 0.584. The number of hydrogen-bond acceptors (Lipinski definition) is 4. The second-order valence-corrected chi connectivity index (χ2v) is 7.71. The van der Waals surface area contributed by atoms with E-state index in [-0.39, 0.29) is 17.9 Å². The first-order valence-corrected chi connectivity index (χ1v) is 10.3. The Morgan fingerprint density at radius 1 is 1.46 bits per heavy atom. The van der Waals surface area contributed by atoms with E-state index < -0.39 is 0 Å². The molecular weight excluding hydrogens is 372 g/mol. The summed E-state index contributed by atoms with van der Waals surface area (Å²) < 4.78 is 8.38. The van der Waals surface area contributed by atoms with Crippen LogP contribution in [0.2, 0.25) is 0 Å². The number of nitrogens with one attached hydrogen (secondary N) is 1. The zero-order valence-electron chi connectivity index (χ0n) is 16.7. The summed E-state index contributed by atoms with van der Waals surface area (Å²) >= 11 is 5.30. The SMILES string of the molecule is CCn1c(C2CCCN(C(=O)/C=C/c3cccc(OC(C)C)c3)C2)n[nH]c1=S. The number of hydrogen-bond donors (Lipinski definition) is 1. The summed E-state index contributed by atoms with van der Waals surface area (Å²) in [5, 5.41) is 7.29. The summed E-state index contributed by atoms with van der Waals surface area (Å²) in [5.74, 6) is 2.00. The van der Waals surface area contributed by atoms with Crippen LogP contribution in [-0.2, 0) is 11.3 Å². The number of nitrogens with zero attached hydrogens (tertiary/aromatic N) is 3. The van der Waals surface area contributed by atoms with Crippen LogP contribution in [0.25, 0.3) is 6.08 Å². The number of carbonyl (C=O) groups is 1. The molecule has 1 aliphatic heterocycles. The molecule has 7 heteroatoms. The second-order valence-electron chi connectivity index (χ2n) is 7.33. The number of ether oxygens (including phenoxy) is 1. The van der Waals surface area contributed by atoms with Gasteiger partial charge in [-0.3, -0.25) is 9.89 Å². The lowest BCUT2D eigenvalue weighted by molar-refractivity contribution is -0.127. The largest absolute Gasteiger partial charge is 0.491 e. The van der Waals surface area contributed by atoms with Crippen molar-refractivity contribution in [2.75, 3.05) is 13.1 Å². The van der Waals surface area contributed by atoms with Crippen molar-refractivity contribution in [2.24, 2.45) is 0 Å². The average molecular weight is 401 g/mol. The zero-order chi connectivity index (χ0) is 20.1. The fourth-order valence-corrected chi connectivity index (χ4v) is 3.84. The summed E-state index contributed by atoms with van der Waals surface area (Å²) in [6.45, 7) is 8.27. The normalized spacial score (nSPS) is 17.4. The molecule has 1 saturated heterocycles. The Kier molecular flexibility index (Phi) is 6.67. The van der Waals surface area contributed by atoms with E-state index in [4.69, 9.17) is 17.0 Å². The molecule has 1 N–H and O–H groups in total. The molecule has 0 spiro atoms. The number of amides is 1. The molecule has 2 aromatic rings. The maximum absolute atomic E-state index is 12.7. The molecule has 1 fully saturated rings. The molecule has 1 aromatic heterocycles. The van der Waals surface area contributed by atoms with E-state index in [9.17, 15) is 4.79 Å². The van der Waals surface area contributed by atoms with Crippen molar-refractivity contribution < 1.29 is 9.53 Å². The van der Waals surface area contributed by atoms with Crippen LogP contribution in [0.1, 0.15) is 50.9 Å². The molecular formula is C21H28N4O2S. The van der Waals surface area contributed by atoms with E-state index >= 15 is 0 Å². The molecule has 1 aromatic carbocycles. The van der Waals surface area contributed by atoms with Gasteiger partial charge in [0.05, 0.1) is 6.10 Å². The molecule has 0 aliphatic carbocycles. The fourth-order valence-electron chi connectivity index (χ4n) is 3.57. The van der Waals surface area contributed by atoms with Gasteiger partial charge in [-0.2, -0.15) is 5.10 Å². The van der Waals surface area contributed by atoms with Gasteiger partial charge in [-0.25, -0.2) is 0 Å². The van der Waals surface area contributed by atoms with Gasteiger partial charge in [0.2, 0.25) is 5.91 Å². The Balaban J connectivity index is 1.67. The minimum Gasteiger partial charge on any atom is -0.491 e. The van der Waals surface area contributed by atoms with Gasteiger partial charge in [0.25, 0.3) is 0 Å². The standard InChI is InChI=1S/C21H28N4O2S/c1-4-25-20(22-23-21(25)28)17-8-6-12-24(14-17)19(26)11-10-16-7-5-9-18(13-16)27-15(2)3/h5,7,9-11,13,15,17H,4,6,8,12,14H2,1-3H3,(H,23,28)/b11-10+. The van der Waals surface area contributed by atoms with Gasteiger partial charge >= 0.3 is 0 Å². The zero-order valence-corrected chi connectivity index (χ0v) is 17.5. The van der Waals surface area contributed by atoms with E-state index in [2.05, 4.69) is 17.1 Å². The van der Waals surface area contributed by atoms with E-state index in [0.717, 1.165) is 43.1 Å². The van der Waals surface area contributed by atoms with Crippen molar-refractivity contribution in [2.45, 2.75) is 52.2 Å². The fraction of sp³-hybridized carbons (Fsp3) is 0.476. The van der Waals surface area contributed by atoms with Crippen molar-refractivity contribution in [3.63, 3.8) is 0 Å². The number of benzene rings is 1. The van der Waals surface area contributed by atoms with E-state index in [0.29, 0.717) is 11.3 Å². The number of piperidine rings is 1.